The van der Waals surface area contributed by atoms with Crippen molar-refractivity contribution in [2.75, 3.05) is 0 Å². The predicted molar refractivity (Wildman–Crippen MR) is 42.6 cm³/mol. The average Bonchev–Trinajstić information content (AvgIpc) is 1.85. The Morgan fingerprint density at radius 1 is 1.50 bits per heavy atom. The van der Waals surface area contributed by atoms with Crippen LogP contribution >= 0.6 is 0 Å². The van der Waals surface area contributed by atoms with Crippen molar-refractivity contribution < 1.29 is 4.79 Å². The zero-order chi connectivity index (χ0) is 8.15. The van der Waals surface area contributed by atoms with Crippen LogP contribution in [0.4, 0.5) is 0 Å². The van der Waals surface area contributed by atoms with Crippen LogP contribution in [0.5, 0.6) is 0 Å². The first-order chi connectivity index (χ1) is 4.57. The van der Waals surface area contributed by atoms with Gasteiger partial charge in [0.25, 0.3) is 0 Å². The summed E-state index contributed by atoms with van der Waals surface area (Å²) in [5.74, 6) is 0.155. The lowest BCUT2D eigenvalue weighted by atomic mass is 10.0. The van der Waals surface area contributed by atoms with Crippen LogP contribution in [0.1, 0.15) is 20.8 Å². The summed E-state index contributed by atoms with van der Waals surface area (Å²) < 4.78 is 0. The van der Waals surface area contributed by atoms with Gasteiger partial charge in [-0.05, 0) is 19.8 Å². The molecule has 1 unspecified atom stereocenters. The third-order valence-corrected chi connectivity index (χ3v) is 1.36. The number of hydrogen-bond acceptors (Lipinski definition) is 2. The van der Waals surface area contributed by atoms with E-state index < -0.39 is 0 Å². The molecule has 0 fully saturated rings. The Labute approximate surface area is 62.1 Å². The lowest BCUT2D eigenvalue weighted by Gasteiger charge is -2.09. The van der Waals surface area contributed by atoms with E-state index in [-0.39, 0.29) is 12.0 Å². The summed E-state index contributed by atoms with van der Waals surface area (Å²) in [7, 11) is 0. The minimum absolute atomic E-state index is 0.155. The molecule has 0 amide bonds. The van der Waals surface area contributed by atoms with Crippen molar-refractivity contribution in [1.29, 1.82) is 0 Å². The molecule has 58 valence electrons. The lowest BCUT2D eigenvalue weighted by Crippen LogP contribution is -2.28. The zero-order valence-corrected chi connectivity index (χ0v) is 6.79. The van der Waals surface area contributed by atoms with Crippen LogP contribution in [-0.4, -0.2) is 12.3 Å². The molecule has 0 aliphatic heterocycles. The van der Waals surface area contributed by atoms with Gasteiger partial charge in [0.1, 0.15) is 6.29 Å². The van der Waals surface area contributed by atoms with Gasteiger partial charge in [-0.15, -0.1) is 0 Å². The molecule has 0 aliphatic carbocycles. The molecule has 0 aromatic carbocycles. The molecule has 0 bridgehead atoms. The number of rotatable bonds is 3. The topological polar surface area (TPSA) is 43.1 Å². The SMILES string of the molecule is CC(C)=CC(C)[C@H](N)C=O. The highest BCUT2D eigenvalue weighted by Gasteiger charge is 2.06. The van der Waals surface area contributed by atoms with E-state index in [1.165, 1.54) is 5.57 Å². The van der Waals surface area contributed by atoms with Crippen LogP contribution in [0.25, 0.3) is 0 Å². The Bertz CT molecular complexity index is 136. The average molecular weight is 141 g/mol. The van der Waals surface area contributed by atoms with Gasteiger partial charge in [0, 0.05) is 0 Å². The Balaban J connectivity index is 3.95. The zero-order valence-electron chi connectivity index (χ0n) is 6.79. The first-order valence-electron chi connectivity index (χ1n) is 3.44. The van der Waals surface area contributed by atoms with E-state index in [2.05, 4.69) is 0 Å². The Kier molecular flexibility index (Phi) is 3.96. The van der Waals surface area contributed by atoms with Gasteiger partial charge in [0.05, 0.1) is 6.04 Å². The molecule has 0 aromatic rings. The maximum Gasteiger partial charge on any atom is 0.137 e. The van der Waals surface area contributed by atoms with Crippen LogP contribution in [0.15, 0.2) is 11.6 Å². The molecule has 0 radical (unpaired) electrons. The van der Waals surface area contributed by atoms with Crippen molar-refractivity contribution in [3.8, 4) is 0 Å². The molecule has 0 rings (SSSR count). The first kappa shape index (κ1) is 9.37. The van der Waals surface area contributed by atoms with Crippen molar-refractivity contribution in [3.63, 3.8) is 0 Å². The van der Waals surface area contributed by atoms with E-state index in [4.69, 9.17) is 5.73 Å². The lowest BCUT2D eigenvalue weighted by molar-refractivity contribution is -0.109. The van der Waals surface area contributed by atoms with Crippen LogP contribution in [0.2, 0.25) is 0 Å². The van der Waals surface area contributed by atoms with E-state index in [1.54, 1.807) is 0 Å². The normalized spacial score (nSPS) is 15.6. The molecule has 2 heteroatoms. The van der Waals surface area contributed by atoms with E-state index >= 15 is 0 Å². The van der Waals surface area contributed by atoms with E-state index in [0.717, 1.165) is 6.29 Å². The Morgan fingerprint density at radius 3 is 2.30 bits per heavy atom. The van der Waals surface area contributed by atoms with Crippen molar-refractivity contribution in [1.82, 2.24) is 0 Å². The summed E-state index contributed by atoms with van der Waals surface area (Å²) in [5, 5.41) is 0. The molecule has 0 spiro atoms. The standard InChI is InChI=1S/C8H15NO/c1-6(2)4-7(3)8(9)5-10/h4-5,7-8H,9H2,1-3H3/t7?,8-/m1/s1. The number of carbonyl (C=O) groups is 1. The Hall–Kier alpha value is -0.630. The molecule has 0 saturated heterocycles. The van der Waals surface area contributed by atoms with Crippen molar-refractivity contribution >= 4 is 6.29 Å². The molecular weight excluding hydrogens is 126 g/mol. The summed E-state index contributed by atoms with van der Waals surface area (Å²) in [6.45, 7) is 5.92. The van der Waals surface area contributed by atoms with Crippen LogP contribution in [0, 0.1) is 5.92 Å². The molecule has 0 heterocycles. The maximum absolute atomic E-state index is 10.2. The van der Waals surface area contributed by atoms with E-state index in [0.29, 0.717) is 0 Å². The molecule has 0 aromatic heterocycles. The quantitative estimate of drug-likeness (QED) is 0.472. The monoisotopic (exact) mass is 141 g/mol. The highest BCUT2D eigenvalue weighted by atomic mass is 16.1. The van der Waals surface area contributed by atoms with Gasteiger partial charge >= 0.3 is 0 Å². The van der Waals surface area contributed by atoms with Crippen LogP contribution < -0.4 is 5.73 Å². The second kappa shape index (κ2) is 4.23. The van der Waals surface area contributed by atoms with Gasteiger partial charge in [-0.2, -0.15) is 0 Å². The molecule has 0 aliphatic rings. The van der Waals surface area contributed by atoms with Crippen molar-refractivity contribution in [3.05, 3.63) is 11.6 Å². The third kappa shape index (κ3) is 3.41. The fraction of sp³-hybridized carbons (Fsp3) is 0.625. The van der Waals surface area contributed by atoms with Gasteiger partial charge < -0.3 is 10.5 Å². The number of hydrogen-bond donors (Lipinski definition) is 1. The van der Waals surface area contributed by atoms with E-state index in [1.807, 2.05) is 26.8 Å². The van der Waals surface area contributed by atoms with Gasteiger partial charge in [-0.25, -0.2) is 0 Å². The van der Waals surface area contributed by atoms with Gasteiger partial charge in [-0.1, -0.05) is 18.6 Å². The predicted octanol–water partition coefficient (Wildman–Crippen LogP) is 1.11. The van der Waals surface area contributed by atoms with Crippen molar-refractivity contribution in [2.45, 2.75) is 26.8 Å². The molecule has 2 atom stereocenters. The fourth-order valence-corrected chi connectivity index (χ4v) is 0.761. The maximum atomic E-state index is 10.2. The van der Waals surface area contributed by atoms with Crippen LogP contribution in [-0.2, 0) is 4.79 Å². The Morgan fingerprint density at radius 2 is 2.00 bits per heavy atom. The van der Waals surface area contributed by atoms with Gasteiger partial charge in [0.15, 0.2) is 0 Å². The number of aldehydes is 1. The number of carbonyl (C=O) groups excluding carboxylic acids is 1. The number of allylic oxidation sites excluding steroid dienone is 1. The molecule has 0 saturated carbocycles. The third-order valence-electron chi connectivity index (χ3n) is 1.36. The summed E-state index contributed by atoms with van der Waals surface area (Å²) in [6.07, 6.45) is 2.78. The van der Waals surface area contributed by atoms with Crippen LogP contribution in [0.3, 0.4) is 0 Å². The fourth-order valence-electron chi connectivity index (χ4n) is 0.761. The highest BCUT2D eigenvalue weighted by molar-refractivity contribution is 5.58. The van der Waals surface area contributed by atoms with Gasteiger partial charge in [-0.3, -0.25) is 0 Å². The minimum atomic E-state index is -0.352. The molecule has 2 N–H and O–H groups in total. The minimum Gasteiger partial charge on any atom is -0.321 e. The summed E-state index contributed by atoms with van der Waals surface area (Å²) in [6, 6.07) is -0.352. The first-order valence-corrected chi connectivity index (χ1v) is 3.44. The summed E-state index contributed by atoms with van der Waals surface area (Å²) in [4.78, 5) is 10.2. The smallest absolute Gasteiger partial charge is 0.137 e. The molecule has 10 heavy (non-hydrogen) atoms. The second-order valence-corrected chi connectivity index (χ2v) is 2.82. The summed E-state index contributed by atoms with van der Waals surface area (Å²) in [5.41, 5.74) is 6.65. The molecule has 2 nitrogen and oxygen atoms in total. The largest absolute Gasteiger partial charge is 0.321 e. The van der Waals surface area contributed by atoms with Gasteiger partial charge in [0.2, 0.25) is 0 Å². The number of nitrogens with two attached hydrogens (primary N) is 1. The van der Waals surface area contributed by atoms with E-state index in [9.17, 15) is 4.79 Å². The van der Waals surface area contributed by atoms with Crippen molar-refractivity contribution in [2.24, 2.45) is 11.7 Å². The highest BCUT2D eigenvalue weighted by Crippen LogP contribution is 2.03. The molecular formula is C8H15NO. The summed E-state index contributed by atoms with van der Waals surface area (Å²) >= 11 is 0. The second-order valence-electron chi connectivity index (χ2n) is 2.82.